The number of rotatable bonds is 0. The zero-order valence-corrected chi connectivity index (χ0v) is 6.37. The first kappa shape index (κ1) is 7.98. The molecule has 1 rings (SSSR count). The monoisotopic (exact) mass is 146 g/mol. The van der Waals surface area contributed by atoms with E-state index in [4.69, 9.17) is 4.74 Å². The summed E-state index contributed by atoms with van der Waals surface area (Å²) in [6, 6.07) is 0. The molecule has 1 fully saturated rings. The third-order valence-corrected chi connectivity index (χ3v) is 2.07. The van der Waals surface area contributed by atoms with Crippen LogP contribution in [0.4, 0.5) is 0 Å². The SMILES string of the molecule is CC1OCC[C@@](C)(O)C1O. The van der Waals surface area contributed by atoms with Crippen molar-refractivity contribution in [3.05, 3.63) is 0 Å². The lowest BCUT2D eigenvalue weighted by Gasteiger charge is -2.37. The molecule has 0 saturated carbocycles. The highest BCUT2D eigenvalue weighted by atomic mass is 16.5. The summed E-state index contributed by atoms with van der Waals surface area (Å²) in [6.45, 7) is 3.93. The Balaban J connectivity index is 2.60. The Labute approximate surface area is 60.6 Å². The van der Waals surface area contributed by atoms with Crippen molar-refractivity contribution < 1.29 is 14.9 Å². The summed E-state index contributed by atoms with van der Waals surface area (Å²) < 4.78 is 5.12. The van der Waals surface area contributed by atoms with Crippen LogP contribution in [-0.4, -0.2) is 34.6 Å². The van der Waals surface area contributed by atoms with Gasteiger partial charge in [-0.15, -0.1) is 0 Å². The molecule has 3 nitrogen and oxygen atoms in total. The van der Waals surface area contributed by atoms with Crippen LogP contribution >= 0.6 is 0 Å². The van der Waals surface area contributed by atoms with Crippen molar-refractivity contribution in [2.45, 2.75) is 38.1 Å². The van der Waals surface area contributed by atoms with E-state index in [-0.39, 0.29) is 6.10 Å². The molecule has 0 aromatic carbocycles. The van der Waals surface area contributed by atoms with Crippen molar-refractivity contribution in [1.29, 1.82) is 0 Å². The van der Waals surface area contributed by atoms with Gasteiger partial charge in [-0.1, -0.05) is 0 Å². The van der Waals surface area contributed by atoms with Gasteiger partial charge in [-0.3, -0.25) is 0 Å². The van der Waals surface area contributed by atoms with E-state index in [1.54, 1.807) is 13.8 Å². The molecule has 10 heavy (non-hydrogen) atoms. The highest BCUT2D eigenvalue weighted by Crippen LogP contribution is 2.24. The fraction of sp³-hybridized carbons (Fsp3) is 1.00. The Bertz CT molecular complexity index is 122. The van der Waals surface area contributed by atoms with Crippen molar-refractivity contribution in [3.63, 3.8) is 0 Å². The van der Waals surface area contributed by atoms with Crippen LogP contribution in [0.5, 0.6) is 0 Å². The van der Waals surface area contributed by atoms with Gasteiger partial charge >= 0.3 is 0 Å². The molecule has 0 aliphatic carbocycles. The molecule has 1 saturated heterocycles. The minimum atomic E-state index is -0.961. The van der Waals surface area contributed by atoms with E-state index in [2.05, 4.69) is 0 Å². The summed E-state index contributed by atoms with van der Waals surface area (Å²) in [5.74, 6) is 0. The van der Waals surface area contributed by atoms with Crippen LogP contribution in [0.3, 0.4) is 0 Å². The molecule has 1 aliphatic heterocycles. The van der Waals surface area contributed by atoms with Gasteiger partial charge in [0.2, 0.25) is 0 Å². The average molecular weight is 146 g/mol. The molecule has 0 aromatic heterocycles. The Hall–Kier alpha value is -0.120. The molecular formula is C7H14O3. The Morgan fingerprint density at radius 2 is 2.20 bits per heavy atom. The molecule has 0 aromatic rings. The molecule has 1 heterocycles. The van der Waals surface area contributed by atoms with Crippen LogP contribution in [0.15, 0.2) is 0 Å². The van der Waals surface area contributed by atoms with Crippen LogP contribution in [0.2, 0.25) is 0 Å². The summed E-state index contributed by atoms with van der Waals surface area (Å²) >= 11 is 0. The molecule has 3 heteroatoms. The number of hydrogen-bond acceptors (Lipinski definition) is 3. The van der Waals surface area contributed by atoms with Crippen LogP contribution in [0.25, 0.3) is 0 Å². The zero-order valence-electron chi connectivity index (χ0n) is 6.37. The van der Waals surface area contributed by atoms with E-state index in [1.807, 2.05) is 0 Å². The molecule has 2 unspecified atom stereocenters. The number of ether oxygens (including phenoxy) is 1. The van der Waals surface area contributed by atoms with Gasteiger partial charge in [-0.25, -0.2) is 0 Å². The fourth-order valence-corrected chi connectivity index (χ4v) is 1.20. The standard InChI is InChI=1S/C7H14O3/c1-5-6(8)7(2,9)3-4-10-5/h5-6,8-9H,3-4H2,1-2H3/t5?,6?,7-/m1/s1. The Kier molecular flexibility index (Phi) is 1.99. The summed E-state index contributed by atoms with van der Waals surface area (Å²) in [4.78, 5) is 0. The van der Waals surface area contributed by atoms with Gasteiger partial charge in [0.1, 0.15) is 6.10 Å². The maximum atomic E-state index is 9.48. The second kappa shape index (κ2) is 2.49. The quantitative estimate of drug-likeness (QED) is 0.502. The summed E-state index contributed by atoms with van der Waals surface area (Å²) in [6.07, 6.45) is -0.483. The predicted molar refractivity (Wildman–Crippen MR) is 36.7 cm³/mol. The van der Waals surface area contributed by atoms with Crippen molar-refractivity contribution in [2.24, 2.45) is 0 Å². The maximum Gasteiger partial charge on any atom is 0.108 e. The molecule has 1 aliphatic rings. The van der Waals surface area contributed by atoms with Gasteiger partial charge in [-0.2, -0.15) is 0 Å². The molecular weight excluding hydrogens is 132 g/mol. The lowest BCUT2D eigenvalue weighted by Crippen LogP contribution is -2.51. The van der Waals surface area contributed by atoms with Gasteiger partial charge < -0.3 is 14.9 Å². The number of hydrogen-bond donors (Lipinski definition) is 2. The van der Waals surface area contributed by atoms with Crippen LogP contribution in [-0.2, 0) is 4.74 Å². The molecule has 0 bridgehead atoms. The highest BCUT2D eigenvalue weighted by molar-refractivity contribution is 4.88. The topological polar surface area (TPSA) is 49.7 Å². The van der Waals surface area contributed by atoms with Crippen molar-refractivity contribution in [2.75, 3.05) is 6.61 Å². The maximum absolute atomic E-state index is 9.48. The fourth-order valence-electron chi connectivity index (χ4n) is 1.20. The van der Waals surface area contributed by atoms with Crippen molar-refractivity contribution in [1.82, 2.24) is 0 Å². The van der Waals surface area contributed by atoms with Gasteiger partial charge in [0, 0.05) is 13.0 Å². The molecule has 0 amide bonds. The van der Waals surface area contributed by atoms with Gasteiger partial charge in [0.15, 0.2) is 0 Å². The average Bonchev–Trinajstić information content (AvgIpc) is 1.83. The first-order valence-corrected chi connectivity index (χ1v) is 3.56. The second-order valence-electron chi connectivity index (χ2n) is 3.13. The van der Waals surface area contributed by atoms with Crippen molar-refractivity contribution in [3.8, 4) is 0 Å². The van der Waals surface area contributed by atoms with Gasteiger partial charge in [-0.05, 0) is 13.8 Å². The lowest BCUT2D eigenvalue weighted by molar-refractivity contribution is -0.175. The molecule has 3 atom stereocenters. The van der Waals surface area contributed by atoms with E-state index in [0.717, 1.165) is 0 Å². The Morgan fingerprint density at radius 3 is 2.60 bits per heavy atom. The summed E-state index contributed by atoms with van der Waals surface area (Å²) in [7, 11) is 0. The lowest BCUT2D eigenvalue weighted by atomic mass is 9.90. The molecule has 0 spiro atoms. The minimum absolute atomic E-state index is 0.247. The van der Waals surface area contributed by atoms with Crippen LogP contribution in [0, 0.1) is 0 Å². The second-order valence-corrected chi connectivity index (χ2v) is 3.13. The minimum Gasteiger partial charge on any atom is -0.387 e. The highest BCUT2D eigenvalue weighted by Gasteiger charge is 2.38. The first-order valence-electron chi connectivity index (χ1n) is 3.56. The van der Waals surface area contributed by atoms with E-state index in [9.17, 15) is 10.2 Å². The van der Waals surface area contributed by atoms with E-state index in [1.165, 1.54) is 0 Å². The summed E-state index contributed by atoms with van der Waals surface area (Å²) in [5, 5.41) is 18.8. The molecule has 60 valence electrons. The largest absolute Gasteiger partial charge is 0.387 e. The summed E-state index contributed by atoms with van der Waals surface area (Å²) in [5.41, 5.74) is -0.961. The van der Waals surface area contributed by atoms with Gasteiger partial charge in [0.05, 0.1) is 11.7 Å². The first-order chi connectivity index (χ1) is 4.54. The Morgan fingerprint density at radius 1 is 1.60 bits per heavy atom. The third-order valence-electron chi connectivity index (χ3n) is 2.07. The van der Waals surface area contributed by atoms with Crippen LogP contribution in [0.1, 0.15) is 20.3 Å². The van der Waals surface area contributed by atoms with E-state index >= 15 is 0 Å². The van der Waals surface area contributed by atoms with E-state index < -0.39 is 11.7 Å². The normalized spacial score (nSPS) is 49.2. The van der Waals surface area contributed by atoms with Gasteiger partial charge in [0.25, 0.3) is 0 Å². The number of aliphatic hydroxyl groups excluding tert-OH is 1. The third kappa shape index (κ3) is 1.31. The van der Waals surface area contributed by atoms with E-state index in [0.29, 0.717) is 13.0 Å². The number of aliphatic hydroxyl groups is 2. The smallest absolute Gasteiger partial charge is 0.108 e. The predicted octanol–water partition coefficient (Wildman–Crippen LogP) is -0.0929. The van der Waals surface area contributed by atoms with Crippen LogP contribution < -0.4 is 0 Å². The zero-order chi connectivity index (χ0) is 7.78. The molecule has 0 radical (unpaired) electrons. The molecule has 2 N–H and O–H groups in total. The van der Waals surface area contributed by atoms with Crippen molar-refractivity contribution >= 4 is 0 Å².